The normalized spacial score (nSPS) is 10.9. The van der Waals surface area contributed by atoms with Gasteiger partial charge in [-0.3, -0.25) is 0 Å². The summed E-state index contributed by atoms with van der Waals surface area (Å²) in [6.07, 6.45) is 2.96. The van der Waals surface area contributed by atoms with Gasteiger partial charge in [-0.1, -0.05) is 13.8 Å². The molecule has 0 saturated carbocycles. The van der Waals surface area contributed by atoms with Crippen LogP contribution in [0.2, 0.25) is 0 Å². The standard InChI is InChI=1S/C11H19N3O2S.C2H6/c1-10-5-6-12-11(9-10)13(2)7-8-14(3)17(4,15)16;1-2/h5-6,9H,7-8H2,1-4H3;1-2H3. The number of aryl methyl sites for hydroxylation is 1. The largest absolute Gasteiger partial charge is 0.358 e. The molecule has 1 aromatic rings. The highest BCUT2D eigenvalue weighted by Gasteiger charge is 2.11. The van der Waals surface area contributed by atoms with Crippen LogP contribution in [0.3, 0.4) is 0 Å². The first-order valence-electron chi connectivity index (χ1n) is 6.36. The molecule has 0 aliphatic carbocycles. The lowest BCUT2D eigenvalue weighted by atomic mass is 10.3. The summed E-state index contributed by atoms with van der Waals surface area (Å²) in [4.78, 5) is 6.18. The maximum Gasteiger partial charge on any atom is 0.211 e. The van der Waals surface area contributed by atoms with Crippen molar-refractivity contribution in [2.45, 2.75) is 20.8 Å². The summed E-state index contributed by atoms with van der Waals surface area (Å²) in [5.74, 6) is 0.854. The van der Waals surface area contributed by atoms with E-state index in [4.69, 9.17) is 0 Å². The molecule has 0 bridgehead atoms. The molecule has 0 spiro atoms. The molecule has 0 amide bonds. The van der Waals surface area contributed by atoms with E-state index in [9.17, 15) is 8.42 Å². The summed E-state index contributed by atoms with van der Waals surface area (Å²) >= 11 is 0. The summed E-state index contributed by atoms with van der Waals surface area (Å²) in [5, 5.41) is 0. The van der Waals surface area contributed by atoms with Crippen LogP contribution in [0.5, 0.6) is 0 Å². The second-order valence-electron chi connectivity index (χ2n) is 4.20. The molecule has 0 saturated heterocycles. The molecule has 0 radical (unpaired) electrons. The van der Waals surface area contributed by atoms with Gasteiger partial charge in [0.1, 0.15) is 5.82 Å². The van der Waals surface area contributed by atoms with E-state index < -0.39 is 10.0 Å². The van der Waals surface area contributed by atoms with E-state index in [-0.39, 0.29) is 0 Å². The average Bonchev–Trinajstić information content (AvgIpc) is 2.36. The average molecular weight is 287 g/mol. The predicted octanol–water partition coefficient (Wildman–Crippen LogP) is 1.74. The first-order chi connectivity index (χ1) is 8.80. The second-order valence-corrected chi connectivity index (χ2v) is 6.29. The van der Waals surface area contributed by atoms with Crippen molar-refractivity contribution in [3.05, 3.63) is 23.9 Å². The van der Waals surface area contributed by atoms with Crippen LogP contribution in [0.15, 0.2) is 18.3 Å². The molecule has 1 heterocycles. The van der Waals surface area contributed by atoms with Crippen LogP contribution in [0, 0.1) is 6.92 Å². The maximum absolute atomic E-state index is 11.2. The third-order valence-corrected chi connectivity index (χ3v) is 3.92. The number of hydrogen-bond acceptors (Lipinski definition) is 4. The van der Waals surface area contributed by atoms with Crippen molar-refractivity contribution in [1.82, 2.24) is 9.29 Å². The van der Waals surface area contributed by atoms with Crippen LogP contribution in [-0.4, -0.2) is 51.1 Å². The topological polar surface area (TPSA) is 53.5 Å². The zero-order valence-electron chi connectivity index (χ0n) is 12.7. The first kappa shape index (κ1) is 17.9. The van der Waals surface area contributed by atoms with E-state index >= 15 is 0 Å². The molecular formula is C13H25N3O2S. The van der Waals surface area contributed by atoms with Crippen molar-refractivity contribution in [2.24, 2.45) is 0 Å². The Hall–Kier alpha value is -1.14. The van der Waals surface area contributed by atoms with E-state index in [1.807, 2.05) is 44.9 Å². The lowest BCUT2D eigenvalue weighted by Crippen LogP contribution is -2.34. The predicted molar refractivity (Wildman–Crippen MR) is 81.1 cm³/mol. The Bertz CT molecular complexity index is 475. The number of hydrogen-bond donors (Lipinski definition) is 0. The molecule has 0 aliphatic rings. The van der Waals surface area contributed by atoms with Crippen LogP contribution in [0.25, 0.3) is 0 Å². The minimum absolute atomic E-state index is 0.449. The summed E-state index contributed by atoms with van der Waals surface area (Å²) in [6.45, 7) is 7.06. The zero-order valence-corrected chi connectivity index (χ0v) is 13.5. The van der Waals surface area contributed by atoms with Gasteiger partial charge in [0, 0.05) is 33.4 Å². The van der Waals surface area contributed by atoms with Crippen LogP contribution in [-0.2, 0) is 10.0 Å². The van der Waals surface area contributed by atoms with E-state index in [0.717, 1.165) is 11.4 Å². The summed E-state index contributed by atoms with van der Waals surface area (Å²) in [5.41, 5.74) is 1.14. The monoisotopic (exact) mass is 287 g/mol. The van der Waals surface area contributed by atoms with E-state index in [0.29, 0.717) is 13.1 Å². The number of anilines is 1. The van der Waals surface area contributed by atoms with Gasteiger partial charge in [0.25, 0.3) is 0 Å². The van der Waals surface area contributed by atoms with Crippen LogP contribution in [0.4, 0.5) is 5.82 Å². The minimum Gasteiger partial charge on any atom is -0.358 e. The maximum atomic E-state index is 11.2. The zero-order chi connectivity index (χ0) is 15.1. The highest BCUT2D eigenvalue weighted by molar-refractivity contribution is 7.88. The van der Waals surface area contributed by atoms with E-state index in [1.165, 1.54) is 10.6 Å². The molecule has 0 unspecified atom stereocenters. The molecular weight excluding hydrogens is 262 g/mol. The molecule has 110 valence electrons. The Morgan fingerprint density at radius 3 is 2.26 bits per heavy atom. The van der Waals surface area contributed by atoms with Crippen LogP contribution in [0.1, 0.15) is 19.4 Å². The van der Waals surface area contributed by atoms with Crippen LogP contribution < -0.4 is 4.90 Å². The quantitative estimate of drug-likeness (QED) is 0.828. The van der Waals surface area contributed by atoms with Gasteiger partial charge in [-0.2, -0.15) is 0 Å². The molecule has 19 heavy (non-hydrogen) atoms. The lowest BCUT2D eigenvalue weighted by molar-refractivity contribution is 0.479. The first-order valence-corrected chi connectivity index (χ1v) is 8.20. The Balaban J connectivity index is 0.00000154. The summed E-state index contributed by atoms with van der Waals surface area (Å²) < 4.78 is 23.8. The van der Waals surface area contributed by atoms with Gasteiger partial charge >= 0.3 is 0 Å². The van der Waals surface area contributed by atoms with Crippen LogP contribution >= 0.6 is 0 Å². The third-order valence-electron chi connectivity index (χ3n) is 2.61. The minimum atomic E-state index is -3.10. The SMILES string of the molecule is CC.Cc1ccnc(N(C)CCN(C)S(C)(=O)=O)c1. The highest BCUT2D eigenvalue weighted by atomic mass is 32.2. The molecule has 1 aromatic heterocycles. The number of rotatable bonds is 5. The number of pyridine rings is 1. The van der Waals surface area contributed by atoms with Gasteiger partial charge in [-0.25, -0.2) is 17.7 Å². The Morgan fingerprint density at radius 1 is 1.21 bits per heavy atom. The Kier molecular flexibility index (Phi) is 7.63. The molecule has 0 aromatic carbocycles. The highest BCUT2D eigenvalue weighted by Crippen LogP contribution is 2.10. The second kappa shape index (κ2) is 8.12. The number of sulfonamides is 1. The molecule has 0 aliphatic heterocycles. The van der Waals surface area contributed by atoms with Crippen molar-refractivity contribution in [3.8, 4) is 0 Å². The van der Waals surface area contributed by atoms with Crippen molar-refractivity contribution in [3.63, 3.8) is 0 Å². The Morgan fingerprint density at radius 2 is 1.79 bits per heavy atom. The molecule has 5 nitrogen and oxygen atoms in total. The third kappa shape index (κ3) is 6.54. The van der Waals surface area contributed by atoms with Gasteiger partial charge in [0.2, 0.25) is 10.0 Å². The number of likely N-dealkylation sites (N-methyl/N-ethyl adjacent to an activating group) is 2. The van der Waals surface area contributed by atoms with Gasteiger partial charge in [-0.15, -0.1) is 0 Å². The fraction of sp³-hybridized carbons (Fsp3) is 0.615. The van der Waals surface area contributed by atoms with Gasteiger partial charge < -0.3 is 4.90 Å². The smallest absolute Gasteiger partial charge is 0.211 e. The summed E-state index contributed by atoms with van der Waals surface area (Å²) in [6, 6.07) is 3.90. The van der Waals surface area contributed by atoms with Gasteiger partial charge in [0.15, 0.2) is 0 Å². The fourth-order valence-electron chi connectivity index (χ4n) is 1.30. The fourth-order valence-corrected chi connectivity index (χ4v) is 1.71. The van der Waals surface area contributed by atoms with Crippen molar-refractivity contribution < 1.29 is 8.42 Å². The summed E-state index contributed by atoms with van der Waals surface area (Å²) in [7, 11) is 0.374. The van der Waals surface area contributed by atoms with Crippen molar-refractivity contribution in [1.29, 1.82) is 0 Å². The molecule has 0 fully saturated rings. The van der Waals surface area contributed by atoms with Crippen molar-refractivity contribution >= 4 is 15.8 Å². The molecule has 0 N–H and O–H groups in total. The molecule has 0 atom stereocenters. The van der Waals surface area contributed by atoms with Crippen molar-refractivity contribution in [2.75, 3.05) is 38.3 Å². The molecule has 1 rings (SSSR count). The van der Waals surface area contributed by atoms with E-state index in [2.05, 4.69) is 4.98 Å². The van der Waals surface area contributed by atoms with Gasteiger partial charge in [0.05, 0.1) is 6.26 Å². The number of nitrogens with zero attached hydrogens (tertiary/aromatic N) is 3. The number of aromatic nitrogens is 1. The lowest BCUT2D eigenvalue weighted by Gasteiger charge is -2.21. The van der Waals surface area contributed by atoms with Gasteiger partial charge in [-0.05, 0) is 24.6 Å². The van der Waals surface area contributed by atoms with E-state index in [1.54, 1.807) is 13.2 Å². The Labute approximate surface area is 117 Å². The molecule has 6 heteroatoms.